The highest BCUT2D eigenvalue weighted by molar-refractivity contribution is 5.95. The molecular weight excluding hydrogens is 304 g/mol. The van der Waals surface area contributed by atoms with Gasteiger partial charge in [-0.3, -0.25) is 4.79 Å². The number of rotatable bonds is 8. The van der Waals surface area contributed by atoms with E-state index in [9.17, 15) is 4.79 Å². The minimum absolute atomic E-state index is 0.0540. The molecule has 1 atom stereocenters. The highest BCUT2D eigenvalue weighted by Gasteiger charge is 2.34. The van der Waals surface area contributed by atoms with Gasteiger partial charge in [0.2, 0.25) is 5.91 Å². The molecule has 1 aromatic rings. The third-order valence-corrected chi connectivity index (χ3v) is 4.27. The summed E-state index contributed by atoms with van der Waals surface area (Å²) in [6.07, 6.45) is 3.80. The Hall–Kier alpha value is -1.75. The number of piperidine rings is 1. The van der Waals surface area contributed by atoms with Crippen molar-refractivity contribution in [2.24, 2.45) is 5.41 Å². The normalized spacial score (nSPS) is 20.5. The van der Waals surface area contributed by atoms with E-state index in [2.05, 4.69) is 24.5 Å². The van der Waals surface area contributed by atoms with Crippen molar-refractivity contribution in [3.63, 3.8) is 0 Å². The van der Waals surface area contributed by atoms with Crippen LogP contribution in [0.25, 0.3) is 0 Å². The third-order valence-electron chi connectivity index (χ3n) is 4.27. The first kappa shape index (κ1) is 18.6. The van der Waals surface area contributed by atoms with Gasteiger partial charge in [-0.05, 0) is 51.3 Å². The Morgan fingerprint density at radius 1 is 1.21 bits per heavy atom. The average Bonchev–Trinajstić information content (AvgIpc) is 2.59. The number of hydrogen-bond acceptors (Lipinski definition) is 4. The summed E-state index contributed by atoms with van der Waals surface area (Å²) in [6, 6.07) is 5.61. The largest absolute Gasteiger partial charge is 0.490 e. The van der Waals surface area contributed by atoms with Crippen LogP contribution in [0, 0.1) is 5.41 Å². The van der Waals surface area contributed by atoms with Gasteiger partial charge in [-0.2, -0.15) is 0 Å². The van der Waals surface area contributed by atoms with Crippen molar-refractivity contribution in [3.05, 3.63) is 18.2 Å². The molecule has 1 aliphatic rings. The molecule has 0 radical (unpaired) electrons. The first-order chi connectivity index (χ1) is 11.6. The smallest absolute Gasteiger partial charge is 0.231 e. The van der Waals surface area contributed by atoms with E-state index in [-0.39, 0.29) is 11.3 Å². The van der Waals surface area contributed by atoms with Gasteiger partial charge in [-0.15, -0.1) is 0 Å². The predicted molar refractivity (Wildman–Crippen MR) is 96.9 cm³/mol. The number of nitrogens with one attached hydrogen (secondary N) is 2. The quantitative estimate of drug-likeness (QED) is 0.763. The van der Waals surface area contributed by atoms with Gasteiger partial charge in [0.15, 0.2) is 11.5 Å². The van der Waals surface area contributed by atoms with Crippen LogP contribution in [0.2, 0.25) is 0 Å². The van der Waals surface area contributed by atoms with E-state index in [0.717, 1.165) is 50.2 Å². The summed E-state index contributed by atoms with van der Waals surface area (Å²) in [6.45, 7) is 9.13. The lowest BCUT2D eigenvalue weighted by molar-refractivity contribution is -0.125. The molecule has 1 amide bonds. The molecule has 134 valence electrons. The van der Waals surface area contributed by atoms with Crippen molar-refractivity contribution in [2.45, 2.75) is 46.5 Å². The van der Waals surface area contributed by atoms with E-state index in [1.54, 1.807) is 0 Å². The van der Waals surface area contributed by atoms with Gasteiger partial charge in [0.05, 0.1) is 18.6 Å². The van der Waals surface area contributed by atoms with Crippen LogP contribution in [-0.2, 0) is 4.79 Å². The van der Waals surface area contributed by atoms with Crippen molar-refractivity contribution in [2.75, 3.05) is 31.6 Å². The second-order valence-electron chi connectivity index (χ2n) is 6.65. The van der Waals surface area contributed by atoms with E-state index >= 15 is 0 Å². The number of benzene rings is 1. The molecule has 0 aliphatic carbocycles. The first-order valence-corrected chi connectivity index (χ1v) is 9.01. The van der Waals surface area contributed by atoms with Gasteiger partial charge in [-0.25, -0.2) is 0 Å². The van der Waals surface area contributed by atoms with Crippen molar-refractivity contribution in [3.8, 4) is 11.5 Å². The van der Waals surface area contributed by atoms with Crippen molar-refractivity contribution in [1.82, 2.24) is 5.32 Å². The summed E-state index contributed by atoms with van der Waals surface area (Å²) >= 11 is 0. The number of anilines is 1. The molecule has 1 unspecified atom stereocenters. The van der Waals surface area contributed by atoms with Gasteiger partial charge in [-0.1, -0.05) is 13.8 Å². The zero-order valence-corrected chi connectivity index (χ0v) is 15.1. The van der Waals surface area contributed by atoms with E-state index in [4.69, 9.17) is 9.47 Å². The van der Waals surface area contributed by atoms with Crippen LogP contribution in [0.1, 0.15) is 46.5 Å². The molecule has 1 aromatic carbocycles. The van der Waals surface area contributed by atoms with Gasteiger partial charge < -0.3 is 20.1 Å². The minimum atomic E-state index is -0.361. The lowest BCUT2D eigenvalue weighted by atomic mass is 9.82. The number of hydrogen-bond donors (Lipinski definition) is 2. The van der Waals surface area contributed by atoms with Crippen LogP contribution in [-0.4, -0.2) is 32.2 Å². The monoisotopic (exact) mass is 334 g/mol. The topological polar surface area (TPSA) is 59.6 Å². The van der Waals surface area contributed by atoms with Crippen LogP contribution in [0.5, 0.6) is 11.5 Å². The molecule has 0 aromatic heterocycles. The van der Waals surface area contributed by atoms with Crippen LogP contribution in [0.3, 0.4) is 0 Å². The molecule has 2 rings (SSSR count). The van der Waals surface area contributed by atoms with E-state index < -0.39 is 0 Å². The highest BCUT2D eigenvalue weighted by Crippen LogP contribution is 2.33. The molecule has 5 heteroatoms. The second-order valence-corrected chi connectivity index (χ2v) is 6.65. The van der Waals surface area contributed by atoms with Crippen molar-refractivity contribution >= 4 is 11.6 Å². The van der Waals surface area contributed by atoms with Crippen molar-refractivity contribution in [1.29, 1.82) is 0 Å². The number of carbonyl (C=O) groups is 1. The van der Waals surface area contributed by atoms with Gasteiger partial charge in [0, 0.05) is 18.3 Å². The van der Waals surface area contributed by atoms with Crippen LogP contribution in [0.4, 0.5) is 5.69 Å². The number of carbonyl (C=O) groups excluding carboxylic acids is 1. The summed E-state index contributed by atoms with van der Waals surface area (Å²) in [7, 11) is 0. The molecule has 1 heterocycles. The summed E-state index contributed by atoms with van der Waals surface area (Å²) in [5.41, 5.74) is 0.391. The summed E-state index contributed by atoms with van der Waals surface area (Å²) in [5.74, 6) is 1.47. The summed E-state index contributed by atoms with van der Waals surface area (Å²) in [4.78, 5) is 12.6. The maximum Gasteiger partial charge on any atom is 0.231 e. The maximum atomic E-state index is 12.6. The maximum absolute atomic E-state index is 12.6. The van der Waals surface area contributed by atoms with Gasteiger partial charge in [0.25, 0.3) is 0 Å². The summed E-state index contributed by atoms with van der Waals surface area (Å²) in [5, 5.41) is 6.35. The third kappa shape index (κ3) is 4.87. The fourth-order valence-corrected chi connectivity index (χ4v) is 2.77. The fraction of sp³-hybridized carbons (Fsp3) is 0.632. The Morgan fingerprint density at radius 2 is 1.92 bits per heavy atom. The minimum Gasteiger partial charge on any atom is -0.490 e. The summed E-state index contributed by atoms with van der Waals surface area (Å²) < 4.78 is 11.5. The Morgan fingerprint density at radius 3 is 2.54 bits per heavy atom. The molecule has 5 nitrogen and oxygen atoms in total. The first-order valence-electron chi connectivity index (χ1n) is 9.01. The molecule has 0 saturated carbocycles. The zero-order valence-electron chi connectivity index (χ0n) is 15.1. The molecule has 1 fully saturated rings. The van der Waals surface area contributed by atoms with E-state index in [1.165, 1.54) is 0 Å². The molecular formula is C19H30N2O3. The molecule has 0 bridgehead atoms. The second kappa shape index (κ2) is 8.92. The van der Waals surface area contributed by atoms with Crippen LogP contribution < -0.4 is 20.1 Å². The van der Waals surface area contributed by atoms with Crippen LogP contribution >= 0.6 is 0 Å². The zero-order chi connectivity index (χ0) is 17.4. The standard InChI is InChI=1S/C19H30N2O3/c1-4-11-23-16-8-7-15(13-17(16)24-12-5-2)21-18(22)19(3)9-6-10-20-14-19/h7-8,13,20H,4-6,9-12,14H2,1-3H3,(H,21,22). The van der Waals surface area contributed by atoms with E-state index in [0.29, 0.717) is 19.0 Å². The fourth-order valence-electron chi connectivity index (χ4n) is 2.77. The SMILES string of the molecule is CCCOc1ccc(NC(=O)C2(C)CCCNC2)cc1OCCC. The van der Waals surface area contributed by atoms with E-state index in [1.807, 2.05) is 25.1 Å². The predicted octanol–water partition coefficient (Wildman–Crippen LogP) is 3.59. The highest BCUT2D eigenvalue weighted by atomic mass is 16.5. The molecule has 24 heavy (non-hydrogen) atoms. The number of ether oxygens (including phenoxy) is 2. The molecule has 0 spiro atoms. The lowest BCUT2D eigenvalue weighted by Gasteiger charge is -2.32. The Bertz CT molecular complexity index is 539. The lowest BCUT2D eigenvalue weighted by Crippen LogP contribution is -2.46. The Kier molecular flexibility index (Phi) is 6.91. The van der Waals surface area contributed by atoms with Gasteiger partial charge >= 0.3 is 0 Å². The van der Waals surface area contributed by atoms with Gasteiger partial charge in [0.1, 0.15) is 0 Å². The van der Waals surface area contributed by atoms with Crippen molar-refractivity contribution < 1.29 is 14.3 Å². The molecule has 1 aliphatic heterocycles. The molecule has 1 saturated heterocycles. The average molecular weight is 334 g/mol. The number of amides is 1. The van der Waals surface area contributed by atoms with Crippen LogP contribution in [0.15, 0.2) is 18.2 Å². The molecule has 2 N–H and O–H groups in total. The Labute approximate surface area is 145 Å². The Balaban J connectivity index is 2.10.